The first kappa shape index (κ1) is 16.4. The number of Topliss-reactive ketones (excluding diaryl/α,β-unsaturated/α-hetero) is 1. The molecule has 0 spiro atoms. The molecule has 0 heterocycles. The highest BCUT2D eigenvalue weighted by Crippen LogP contribution is 2.72. The number of esters is 1. The van der Waals surface area contributed by atoms with Crippen molar-refractivity contribution in [3.05, 3.63) is 23.8 Å². The molecule has 3 fully saturated rings. The zero-order valence-corrected chi connectivity index (χ0v) is 21.1. The molecule has 6 nitrogen and oxygen atoms in total. The zero-order valence-electron chi connectivity index (χ0n) is 28.5. The number of halogens is 1. The summed E-state index contributed by atoms with van der Waals surface area (Å²) in [5.41, 5.74) is -3.61. The fraction of sp³-hybridized carbons (Fsp3) is 0.741. The lowest BCUT2D eigenvalue weighted by molar-refractivity contribution is -0.202. The van der Waals surface area contributed by atoms with Crippen LogP contribution >= 0.6 is 15.9 Å². The van der Waals surface area contributed by atoms with E-state index in [2.05, 4.69) is 15.9 Å². The Bertz CT molecular complexity index is 1300. The predicted molar refractivity (Wildman–Crippen MR) is 131 cm³/mol. The van der Waals surface area contributed by atoms with Gasteiger partial charge >= 0.3 is 5.97 Å². The first-order chi connectivity index (χ1) is 19.3. The van der Waals surface area contributed by atoms with Crippen molar-refractivity contribution in [3.8, 4) is 0 Å². The number of hydrogen-bond acceptors (Lipinski definition) is 6. The number of rotatable bonds is 6. The standard InChI is InChI=1S/C27H37BrO6/c1-5-6-7-23(33)34-27(22(32)15-29)16(2)12-20-19-9-8-17-13-18(30)10-11-24(17,3)26(19,28)21(31)14-25(20,27)4/h10-11,13,16,19-21,29,31H,5-9,12,14-15H2,1-4H3/t16-,19+,20-,21-,24-,25-,26-,27-/m0/s1/i1D3,5D2,6D2,7D2. The first-order valence-corrected chi connectivity index (χ1v) is 12.3. The number of ketones is 2. The highest BCUT2D eigenvalue weighted by Gasteiger charge is 2.76. The number of alkyl halides is 1. The normalized spacial score (nSPS) is 50.7. The van der Waals surface area contributed by atoms with Crippen molar-refractivity contribution < 1.29 is 41.7 Å². The molecule has 7 heteroatoms. The van der Waals surface area contributed by atoms with Gasteiger partial charge in [-0.05, 0) is 56.0 Å². The van der Waals surface area contributed by atoms with Crippen LogP contribution in [0.4, 0.5) is 0 Å². The molecule has 34 heavy (non-hydrogen) atoms. The second-order valence-electron chi connectivity index (χ2n) is 10.5. The molecule has 8 atom stereocenters. The van der Waals surface area contributed by atoms with E-state index in [0.29, 0.717) is 12.8 Å². The summed E-state index contributed by atoms with van der Waals surface area (Å²) in [5, 5.41) is 22.0. The van der Waals surface area contributed by atoms with Gasteiger partial charge in [-0.3, -0.25) is 14.4 Å². The van der Waals surface area contributed by atoms with Crippen molar-refractivity contribution in [1.82, 2.24) is 0 Å². The van der Waals surface area contributed by atoms with Crippen molar-refractivity contribution in [2.45, 2.75) is 88.5 Å². The van der Waals surface area contributed by atoms with Gasteiger partial charge in [0.05, 0.1) is 10.4 Å². The van der Waals surface area contributed by atoms with Crippen molar-refractivity contribution in [3.63, 3.8) is 0 Å². The fourth-order valence-corrected chi connectivity index (χ4v) is 8.87. The van der Waals surface area contributed by atoms with Crippen LogP contribution in [0.5, 0.6) is 0 Å². The molecule has 4 rings (SSSR count). The molecule has 0 bridgehead atoms. The van der Waals surface area contributed by atoms with Gasteiger partial charge < -0.3 is 14.9 Å². The van der Waals surface area contributed by atoms with Gasteiger partial charge in [0.1, 0.15) is 6.61 Å². The highest BCUT2D eigenvalue weighted by atomic mass is 79.9. The van der Waals surface area contributed by atoms with Gasteiger partial charge in [-0.15, -0.1) is 0 Å². The SMILES string of the molecule is [2H]C([2H])([2H])C([2H])([2H])C([2H])([2H])C([2H])([2H])C(=O)O[C@]1(C(=O)CO)[C@@H](C)C[C@H]2[C@H]3CCC4=CC(=O)C=C[C@]4(C)[C@@]3(Br)[C@@H](O)C[C@@]21C. The lowest BCUT2D eigenvalue weighted by Gasteiger charge is -2.64. The van der Waals surface area contributed by atoms with E-state index in [-0.39, 0.29) is 24.5 Å². The Labute approximate surface area is 223 Å². The van der Waals surface area contributed by atoms with Gasteiger partial charge in [-0.1, -0.05) is 61.6 Å². The maximum absolute atomic E-state index is 13.7. The summed E-state index contributed by atoms with van der Waals surface area (Å²) in [7, 11) is 0. The van der Waals surface area contributed by atoms with Gasteiger partial charge in [-0.25, -0.2) is 0 Å². The average molecular weight is 547 g/mol. The predicted octanol–water partition coefficient (Wildman–Crippen LogP) is 4.06. The van der Waals surface area contributed by atoms with Crippen LogP contribution in [0.15, 0.2) is 23.8 Å². The highest BCUT2D eigenvalue weighted by molar-refractivity contribution is 9.10. The summed E-state index contributed by atoms with van der Waals surface area (Å²) >= 11 is 3.88. The van der Waals surface area contributed by atoms with Crippen LogP contribution in [0.1, 0.15) is 84.8 Å². The molecule has 188 valence electrons. The lowest BCUT2D eigenvalue weighted by Crippen LogP contribution is -2.69. The average Bonchev–Trinajstić information content (AvgIpc) is 3.10. The zero-order chi connectivity index (χ0) is 33.0. The van der Waals surface area contributed by atoms with Gasteiger partial charge in [0.2, 0.25) is 5.78 Å². The molecule has 2 N–H and O–H groups in total. The van der Waals surface area contributed by atoms with Crippen LogP contribution in [-0.4, -0.2) is 50.4 Å². The Kier molecular flexibility index (Phi) is 4.19. The first-order valence-electron chi connectivity index (χ1n) is 16.0. The number of hydrogen-bond donors (Lipinski definition) is 2. The van der Waals surface area contributed by atoms with E-state index in [1.54, 1.807) is 26.0 Å². The van der Waals surface area contributed by atoms with Crippen molar-refractivity contribution in [2.75, 3.05) is 6.61 Å². The van der Waals surface area contributed by atoms with Gasteiger partial charge in [0.15, 0.2) is 11.4 Å². The minimum Gasteiger partial charge on any atom is -0.450 e. The van der Waals surface area contributed by atoms with E-state index in [1.165, 1.54) is 6.08 Å². The number of fused-ring (bicyclic) bond motifs is 5. The third-order valence-corrected chi connectivity index (χ3v) is 11.2. The van der Waals surface area contributed by atoms with E-state index in [0.717, 1.165) is 5.57 Å². The Morgan fingerprint density at radius 2 is 2.09 bits per heavy atom. The van der Waals surface area contributed by atoms with Gasteiger partial charge in [0, 0.05) is 35.5 Å². The van der Waals surface area contributed by atoms with Crippen molar-refractivity contribution >= 4 is 33.5 Å². The van der Waals surface area contributed by atoms with E-state index < -0.39 is 83.0 Å². The molecular weight excluding hydrogens is 500 g/mol. The summed E-state index contributed by atoms with van der Waals surface area (Å²) in [4.78, 5) is 39.5. The Morgan fingerprint density at radius 1 is 1.35 bits per heavy atom. The fourth-order valence-electron chi connectivity index (χ4n) is 7.77. The summed E-state index contributed by atoms with van der Waals surface area (Å²) in [6.07, 6.45) is -7.02. The Balaban J connectivity index is 1.82. The quantitative estimate of drug-likeness (QED) is 0.385. The maximum Gasteiger partial charge on any atom is 0.306 e. The molecule has 0 aromatic rings. The largest absolute Gasteiger partial charge is 0.450 e. The molecule has 0 aliphatic heterocycles. The van der Waals surface area contributed by atoms with Crippen LogP contribution in [0.2, 0.25) is 0 Å². The van der Waals surface area contributed by atoms with Crippen LogP contribution in [0.3, 0.4) is 0 Å². The second kappa shape index (κ2) is 8.67. The van der Waals surface area contributed by atoms with E-state index in [4.69, 9.17) is 17.1 Å². The molecule has 3 saturated carbocycles. The molecule has 0 aromatic heterocycles. The number of ether oxygens (including phenoxy) is 1. The third-order valence-electron chi connectivity index (χ3n) is 9.22. The molecule has 4 aliphatic rings. The minimum absolute atomic E-state index is 0.164. The minimum atomic E-state index is -3.93. The Hall–Kier alpha value is -1.31. The van der Waals surface area contributed by atoms with Crippen molar-refractivity contribution in [2.24, 2.45) is 28.6 Å². The maximum atomic E-state index is 13.7. The van der Waals surface area contributed by atoms with Crippen LogP contribution in [-0.2, 0) is 19.1 Å². The van der Waals surface area contributed by atoms with Gasteiger partial charge in [-0.2, -0.15) is 0 Å². The summed E-state index contributed by atoms with van der Waals surface area (Å²) in [6, 6.07) is 0. The van der Waals surface area contributed by atoms with E-state index in [1.807, 2.05) is 6.92 Å². The van der Waals surface area contributed by atoms with Gasteiger partial charge in [0.25, 0.3) is 0 Å². The van der Waals surface area contributed by atoms with E-state index >= 15 is 0 Å². The number of carbonyl (C=O) groups is 3. The van der Waals surface area contributed by atoms with E-state index in [9.17, 15) is 24.6 Å². The van der Waals surface area contributed by atoms with Crippen molar-refractivity contribution in [1.29, 1.82) is 0 Å². The molecular formula is C27H37BrO6. The second-order valence-corrected chi connectivity index (χ2v) is 11.8. The molecule has 4 aliphatic carbocycles. The van der Waals surface area contributed by atoms with Crippen LogP contribution in [0.25, 0.3) is 0 Å². The number of carbonyl (C=O) groups excluding carboxylic acids is 3. The number of aliphatic hydroxyl groups excluding tert-OH is 2. The number of aliphatic hydroxyl groups is 2. The summed E-state index contributed by atoms with van der Waals surface area (Å²) < 4.78 is 75.6. The molecule has 0 amide bonds. The topological polar surface area (TPSA) is 101 Å². The lowest BCUT2D eigenvalue weighted by atomic mass is 9.46. The third kappa shape index (κ3) is 3.22. The molecule has 0 aromatic carbocycles. The Morgan fingerprint density at radius 3 is 2.76 bits per heavy atom. The van der Waals surface area contributed by atoms with Crippen LogP contribution in [0, 0.1) is 28.6 Å². The smallest absolute Gasteiger partial charge is 0.306 e. The molecule has 0 unspecified atom stereocenters. The molecule has 0 saturated heterocycles. The van der Waals surface area contributed by atoms with Crippen LogP contribution < -0.4 is 0 Å². The summed E-state index contributed by atoms with van der Waals surface area (Å²) in [6.45, 7) is 0.317. The molecule has 0 radical (unpaired) electrons. The summed E-state index contributed by atoms with van der Waals surface area (Å²) in [5.74, 6) is -4.81. The monoisotopic (exact) mass is 545 g/mol. The number of allylic oxidation sites excluding steroid dienone is 4.